The van der Waals surface area contributed by atoms with Gasteiger partial charge in [-0.15, -0.1) is 0 Å². The van der Waals surface area contributed by atoms with Crippen LogP contribution >= 0.6 is 0 Å². The Hall–Kier alpha value is -0.120. The lowest BCUT2D eigenvalue weighted by Crippen LogP contribution is -2.56. The van der Waals surface area contributed by atoms with Gasteiger partial charge in [0.25, 0.3) is 0 Å². The van der Waals surface area contributed by atoms with E-state index in [0.29, 0.717) is 6.04 Å². The summed E-state index contributed by atoms with van der Waals surface area (Å²) >= 11 is 0. The summed E-state index contributed by atoms with van der Waals surface area (Å²) in [5, 5.41) is 3.32. The lowest BCUT2D eigenvalue weighted by Gasteiger charge is -2.39. The van der Waals surface area contributed by atoms with Crippen LogP contribution in [0.2, 0.25) is 0 Å². The van der Waals surface area contributed by atoms with Crippen molar-refractivity contribution in [3.05, 3.63) is 0 Å². The molecule has 1 atom stereocenters. The first-order chi connectivity index (χ1) is 6.46. The van der Waals surface area contributed by atoms with E-state index in [0.717, 1.165) is 19.6 Å². The van der Waals surface area contributed by atoms with Crippen LogP contribution in [-0.4, -0.2) is 50.8 Å². The van der Waals surface area contributed by atoms with Crippen LogP contribution in [0.3, 0.4) is 0 Å². The maximum Gasteiger partial charge on any atom is 0.0637 e. The molecule has 0 heterocycles. The van der Waals surface area contributed by atoms with Crippen molar-refractivity contribution in [1.82, 2.24) is 10.2 Å². The highest BCUT2D eigenvalue weighted by Crippen LogP contribution is 2.15. The van der Waals surface area contributed by atoms with E-state index < -0.39 is 0 Å². The lowest BCUT2D eigenvalue weighted by atomic mass is 9.94. The predicted molar refractivity (Wildman–Crippen MR) is 61.7 cm³/mol. The summed E-state index contributed by atoms with van der Waals surface area (Å²) in [5.74, 6) is 0. The number of hydrogen-bond acceptors (Lipinski definition) is 3. The Morgan fingerprint density at radius 1 is 1.36 bits per heavy atom. The van der Waals surface area contributed by atoms with Crippen LogP contribution in [0.5, 0.6) is 0 Å². The third kappa shape index (κ3) is 3.95. The summed E-state index contributed by atoms with van der Waals surface area (Å²) in [5.41, 5.74) is 0.114. The minimum absolute atomic E-state index is 0.114. The normalized spacial score (nSPS) is 14.8. The van der Waals surface area contributed by atoms with E-state index in [1.54, 1.807) is 0 Å². The zero-order valence-electron chi connectivity index (χ0n) is 10.6. The molecule has 0 spiro atoms. The van der Waals surface area contributed by atoms with Crippen LogP contribution in [0.1, 0.15) is 27.2 Å². The number of nitrogens with zero attached hydrogens (tertiary/aromatic N) is 1. The van der Waals surface area contributed by atoms with Gasteiger partial charge < -0.3 is 15.0 Å². The van der Waals surface area contributed by atoms with Gasteiger partial charge in [-0.3, -0.25) is 0 Å². The van der Waals surface area contributed by atoms with Crippen molar-refractivity contribution in [1.29, 1.82) is 0 Å². The smallest absolute Gasteiger partial charge is 0.0637 e. The molecule has 3 heteroatoms. The van der Waals surface area contributed by atoms with Crippen molar-refractivity contribution in [3.8, 4) is 0 Å². The number of nitrogens with one attached hydrogen (secondary N) is 1. The molecule has 0 saturated carbocycles. The SMILES string of the molecule is CCCOCC(NC)C(C)(C)N(C)C. The van der Waals surface area contributed by atoms with Gasteiger partial charge >= 0.3 is 0 Å². The van der Waals surface area contributed by atoms with Gasteiger partial charge in [0.15, 0.2) is 0 Å². The van der Waals surface area contributed by atoms with Gasteiger partial charge in [-0.1, -0.05) is 6.92 Å². The number of ether oxygens (including phenoxy) is 1. The van der Waals surface area contributed by atoms with Gasteiger partial charge in [0.1, 0.15) is 0 Å². The molecule has 0 aromatic carbocycles. The minimum Gasteiger partial charge on any atom is -0.380 e. The highest BCUT2D eigenvalue weighted by molar-refractivity contribution is 4.90. The second-order valence-electron chi connectivity index (χ2n) is 4.46. The quantitative estimate of drug-likeness (QED) is 0.631. The topological polar surface area (TPSA) is 24.5 Å². The van der Waals surface area contributed by atoms with E-state index in [4.69, 9.17) is 4.74 Å². The third-order valence-corrected chi connectivity index (χ3v) is 2.99. The van der Waals surface area contributed by atoms with Gasteiger partial charge in [-0.2, -0.15) is 0 Å². The van der Waals surface area contributed by atoms with E-state index >= 15 is 0 Å². The van der Waals surface area contributed by atoms with Crippen LogP contribution in [0, 0.1) is 0 Å². The first-order valence-electron chi connectivity index (χ1n) is 5.39. The molecule has 1 unspecified atom stereocenters. The molecule has 0 saturated heterocycles. The maximum absolute atomic E-state index is 5.58. The van der Waals surface area contributed by atoms with Crippen LogP contribution in [0.15, 0.2) is 0 Å². The molecule has 0 radical (unpaired) electrons. The summed E-state index contributed by atoms with van der Waals surface area (Å²) in [6.45, 7) is 8.20. The van der Waals surface area contributed by atoms with Gasteiger partial charge in [-0.05, 0) is 41.4 Å². The minimum atomic E-state index is 0.114. The Bertz CT molecular complexity index is 146. The summed E-state index contributed by atoms with van der Waals surface area (Å²) in [6.07, 6.45) is 1.08. The Balaban J connectivity index is 4.11. The first kappa shape index (κ1) is 13.9. The molecule has 0 aliphatic rings. The molecule has 0 rings (SSSR count). The molecule has 0 aromatic heterocycles. The Morgan fingerprint density at radius 3 is 2.29 bits per heavy atom. The van der Waals surface area contributed by atoms with E-state index in [2.05, 4.69) is 45.1 Å². The van der Waals surface area contributed by atoms with Crippen molar-refractivity contribution in [2.24, 2.45) is 0 Å². The van der Waals surface area contributed by atoms with Crippen LogP contribution in [0.25, 0.3) is 0 Å². The molecule has 0 aliphatic carbocycles. The van der Waals surface area contributed by atoms with Crippen molar-refractivity contribution < 1.29 is 4.74 Å². The average Bonchev–Trinajstić information content (AvgIpc) is 2.12. The second kappa shape index (κ2) is 6.38. The zero-order valence-corrected chi connectivity index (χ0v) is 10.6. The third-order valence-electron chi connectivity index (χ3n) is 2.99. The van der Waals surface area contributed by atoms with E-state index in [1.165, 1.54) is 0 Å². The Kier molecular flexibility index (Phi) is 6.33. The van der Waals surface area contributed by atoms with Crippen LogP contribution < -0.4 is 5.32 Å². The summed E-state index contributed by atoms with van der Waals surface area (Å²) in [7, 11) is 6.19. The van der Waals surface area contributed by atoms with Crippen molar-refractivity contribution >= 4 is 0 Å². The van der Waals surface area contributed by atoms with Crippen LogP contribution in [0.4, 0.5) is 0 Å². The molecule has 1 N–H and O–H groups in total. The highest BCUT2D eigenvalue weighted by atomic mass is 16.5. The highest BCUT2D eigenvalue weighted by Gasteiger charge is 2.30. The predicted octanol–water partition coefficient (Wildman–Crippen LogP) is 1.34. The van der Waals surface area contributed by atoms with Crippen molar-refractivity contribution in [3.63, 3.8) is 0 Å². The lowest BCUT2D eigenvalue weighted by molar-refractivity contribution is 0.0514. The fraction of sp³-hybridized carbons (Fsp3) is 1.00. The standard InChI is InChI=1S/C11H26N2O/c1-7-8-14-9-10(12-4)11(2,3)13(5)6/h10,12H,7-9H2,1-6H3. The van der Waals surface area contributed by atoms with E-state index in [1.807, 2.05) is 7.05 Å². The number of rotatable bonds is 7. The van der Waals surface area contributed by atoms with Gasteiger partial charge in [-0.25, -0.2) is 0 Å². The molecule has 3 nitrogen and oxygen atoms in total. The molecule has 0 aromatic rings. The number of likely N-dealkylation sites (N-methyl/N-ethyl adjacent to an activating group) is 2. The molecule has 0 fully saturated rings. The molecule has 0 bridgehead atoms. The Labute approximate surface area is 88.8 Å². The maximum atomic E-state index is 5.58. The molecule has 0 amide bonds. The van der Waals surface area contributed by atoms with E-state index in [-0.39, 0.29) is 5.54 Å². The van der Waals surface area contributed by atoms with Gasteiger partial charge in [0.05, 0.1) is 6.61 Å². The molecule has 14 heavy (non-hydrogen) atoms. The number of hydrogen-bond donors (Lipinski definition) is 1. The summed E-state index contributed by atoms with van der Waals surface area (Å²) in [4.78, 5) is 2.23. The van der Waals surface area contributed by atoms with Gasteiger partial charge in [0, 0.05) is 18.2 Å². The Morgan fingerprint density at radius 2 is 1.93 bits per heavy atom. The largest absolute Gasteiger partial charge is 0.380 e. The van der Waals surface area contributed by atoms with Crippen molar-refractivity contribution in [2.45, 2.75) is 38.8 Å². The first-order valence-corrected chi connectivity index (χ1v) is 5.39. The fourth-order valence-electron chi connectivity index (χ4n) is 1.30. The fourth-order valence-corrected chi connectivity index (χ4v) is 1.30. The molecular formula is C11H26N2O. The molecular weight excluding hydrogens is 176 g/mol. The molecule has 86 valence electrons. The summed E-state index contributed by atoms with van der Waals surface area (Å²) < 4.78 is 5.58. The molecule has 0 aliphatic heterocycles. The van der Waals surface area contributed by atoms with E-state index in [9.17, 15) is 0 Å². The van der Waals surface area contributed by atoms with Crippen LogP contribution in [-0.2, 0) is 4.74 Å². The summed E-state index contributed by atoms with van der Waals surface area (Å²) in [6, 6.07) is 0.365. The van der Waals surface area contributed by atoms with Crippen molar-refractivity contribution in [2.75, 3.05) is 34.4 Å². The second-order valence-corrected chi connectivity index (χ2v) is 4.46. The van der Waals surface area contributed by atoms with Gasteiger partial charge in [0.2, 0.25) is 0 Å². The average molecular weight is 202 g/mol. The monoisotopic (exact) mass is 202 g/mol. The zero-order chi connectivity index (χ0) is 11.2.